The predicted molar refractivity (Wildman–Crippen MR) is 77.2 cm³/mol. The molecular weight excluding hydrogens is 206 g/mol. The summed E-state index contributed by atoms with van der Waals surface area (Å²) in [6.45, 7) is 12.3. The molecule has 0 spiro atoms. The molecule has 0 aromatic carbocycles. The third-order valence-corrected chi connectivity index (χ3v) is 3.41. The Morgan fingerprint density at radius 3 is 2.18 bits per heavy atom. The van der Waals surface area contributed by atoms with Crippen molar-refractivity contribution in [3.63, 3.8) is 0 Å². The Hall–Kier alpha value is -0.820. The minimum atomic E-state index is 1.11. The highest BCUT2D eigenvalue weighted by molar-refractivity contribution is 5.43. The molecule has 0 bridgehead atoms. The Balaban J connectivity index is 2.73. The van der Waals surface area contributed by atoms with Crippen LogP contribution in [-0.4, -0.2) is 24.5 Å². The van der Waals surface area contributed by atoms with Crippen molar-refractivity contribution >= 4 is 0 Å². The van der Waals surface area contributed by atoms with E-state index < -0.39 is 0 Å². The summed E-state index contributed by atoms with van der Waals surface area (Å²) in [5.41, 5.74) is 4.30. The molecule has 1 aliphatic rings. The summed E-state index contributed by atoms with van der Waals surface area (Å²) >= 11 is 0. The lowest BCUT2D eigenvalue weighted by molar-refractivity contribution is 0.247. The molecule has 0 atom stereocenters. The van der Waals surface area contributed by atoms with Crippen LogP contribution < -0.4 is 0 Å². The molecule has 1 nitrogen and oxygen atoms in total. The fourth-order valence-corrected chi connectivity index (χ4v) is 2.45. The summed E-state index contributed by atoms with van der Waals surface area (Å²) < 4.78 is 0. The van der Waals surface area contributed by atoms with Crippen molar-refractivity contribution in [1.29, 1.82) is 0 Å². The molecule has 1 fully saturated rings. The van der Waals surface area contributed by atoms with Gasteiger partial charge >= 0.3 is 0 Å². The van der Waals surface area contributed by atoms with Gasteiger partial charge in [0.2, 0.25) is 0 Å². The first-order valence-corrected chi connectivity index (χ1v) is 6.87. The number of piperidine rings is 1. The highest BCUT2D eigenvalue weighted by Gasteiger charge is 2.13. The van der Waals surface area contributed by atoms with Gasteiger partial charge in [-0.15, -0.1) is 0 Å². The fourth-order valence-electron chi connectivity index (χ4n) is 2.45. The molecule has 96 valence electrons. The number of rotatable bonds is 4. The first-order valence-electron chi connectivity index (χ1n) is 6.87. The molecule has 0 aromatic heterocycles. The Morgan fingerprint density at radius 1 is 1.06 bits per heavy atom. The average Bonchev–Trinajstić information content (AvgIpc) is 2.34. The van der Waals surface area contributed by atoms with Crippen LogP contribution in [0.3, 0.4) is 0 Å². The van der Waals surface area contributed by atoms with Crippen LogP contribution in [0, 0.1) is 0 Å². The third-order valence-electron chi connectivity index (χ3n) is 3.41. The van der Waals surface area contributed by atoms with E-state index in [0.717, 1.165) is 6.54 Å². The van der Waals surface area contributed by atoms with Gasteiger partial charge in [-0.3, -0.25) is 4.90 Å². The zero-order valence-corrected chi connectivity index (χ0v) is 11.9. The van der Waals surface area contributed by atoms with Gasteiger partial charge in [-0.25, -0.2) is 0 Å². The zero-order chi connectivity index (χ0) is 12.7. The average molecular weight is 233 g/mol. The van der Waals surface area contributed by atoms with E-state index in [4.69, 9.17) is 0 Å². The molecule has 1 aliphatic heterocycles. The van der Waals surface area contributed by atoms with Crippen LogP contribution in [0.5, 0.6) is 0 Å². The number of hydrogen-bond donors (Lipinski definition) is 0. The predicted octanol–water partition coefficient (Wildman–Crippen LogP) is 4.33. The van der Waals surface area contributed by atoms with Crippen LogP contribution in [0.1, 0.15) is 47.0 Å². The van der Waals surface area contributed by atoms with Crippen molar-refractivity contribution in [2.45, 2.75) is 47.0 Å². The maximum atomic E-state index is 2.59. The minimum absolute atomic E-state index is 1.11. The van der Waals surface area contributed by atoms with E-state index in [0.29, 0.717) is 0 Å². The zero-order valence-electron chi connectivity index (χ0n) is 11.9. The Labute approximate surface area is 107 Å². The van der Waals surface area contributed by atoms with Crippen LogP contribution in [0.4, 0.5) is 0 Å². The summed E-state index contributed by atoms with van der Waals surface area (Å²) in [4.78, 5) is 2.59. The van der Waals surface area contributed by atoms with E-state index in [9.17, 15) is 0 Å². The molecule has 0 aromatic rings. The van der Waals surface area contributed by atoms with Crippen molar-refractivity contribution in [1.82, 2.24) is 4.90 Å². The van der Waals surface area contributed by atoms with E-state index >= 15 is 0 Å². The monoisotopic (exact) mass is 233 g/mol. The van der Waals surface area contributed by atoms with Crippen molar-refractivity contribution in [3.05, 3.63) is 34.9 Å². The Bertz CT molecular complexity index is 310. The SMILES string of the molecule is C/C=C\C(=C(C)C)/C(=C\C)CN1CCCCC1. The number of likely N-dealkylation sites (tertiary alicyclic amines) is 1. The lowest BCUT2D eigenvalue weighted by Crippen LogP contribution is -2.31. The fraction of sp³-hybridized carbons (Fsp3) is 0.625. The van der Waals surface area contributed by atoms with Crippen LogP contribution in [0.15, 0.2) is 34.9 Å². The van der Waals surface area contributed by atoms with Crippen LogP contribution >= 0.6 is 0 Å². The van der Waals surface area contributed by atoms with Crippen molar-refractivity contribution in [3.8, 4) is 0 Å². The van der Waals surface area contributed by atoms with Gasteiger partial charge in [-0.05, 0) is 64.8 Å². The molecule has 0 unspecified atom stereocenters. The minimum Gasteiger partial charge on any atom is -0.299 e. The highest BCUT2D eigenvalue weighted by Crippen LogP contribution is 2.19. The van der Waals surface area contributed by atoms with Gasteiger partial charge in [0.1, 0.15) is 0 Å². The lowest BCUT2D eigenvalue weighted by Gasteiger charge is -2.28. The second-order valence-corrected chi connectivity index (χ2v) is 5.06. The van der Waals surface area contributed by atoms with E-state index in [-0.39, 0.29) is 0 Å². The summed E-state index contributed by atoms with van der Waals surface area (Å²) in [7, 11) is 0. The smallest absolute Gasteiger partial charge is 0.0236 e. The summed E-state index contributed by atoms with van der Waals surface area (Å²) in [6.07, 6.45) is 10.8. The number of hydrogen-bond acceptors (Lipinski definition) is 1. The first-order chi connectivity index (χ1) is 8.19. The van der Waals surface area contributed by atoms with Crippen LogP contribution in [-0.2, 0) is 0 Å². The van der Waals surface area contributed by atoms with Crippen LogP contribution in [0.25, 0.3) is 0 Å². The van der Waals surface area contributed by atoms with Crippen molar-refractivity contribution in [2.24, 2.45) is 0 Å². The molecule has 1 heteroatoms. The molecule has 1 rings (SSSR count). The summed E-state index contributed by atoms with van der Waals surface area (Å²) in [6, 6.07) is 0. The van der Waals surface area contributed by atoms with E-state index in [1.165, 1.54) is 49.1 Å². The normalized spacial score (nSPS) is 18.7. The third kappa shape index (κ3) is 4.51. The maximum Gasteiger partial charge on any atom is 0.0236 e. The van der Waals surface area contributed by atoms with E-state index in [1.54, 1.807) is 0 Å². The number of nitrogens with zero attached hydrogens (tertiary/aromatic N) is 1. The second kappa shape index (κ2) is 7.50. The first kappa shape index (κ1) is 14.2. The molecule has 17 heavy (non-hydrogen) atoms. The van der Waals surface area contributed by atoms with Gasteiger partial charge in [-0.2, -0.15) is 0 Å². The molecule has 0 aliphatic carbocycles. The standard InChI is InChI=1S/C16H27N/c1-5-10-16(14(3)4)15(6-2)13-17-11-8-7-9-12-17/h5-6,10H,7-9,11-13H2,1-4H3/b10-5-,15-6-. The molecular formula is C16H27N. The van der Waals surface area contributed by atoms with Gasteiger partial charge in [0, 0.05) is 6.54 Å². The molecule has 0 radical (unpaired) electrons. The number of allylic oxidation sites excluding steroid dienone is 4. The van der Waals surface area contributed by atoms with Crippen molar-refractivity contribution < 1.29 is 0 Å². The topological polar surface area (TPSA) is 3.24 Å². The quantitative estimate of drug-likeness (QED) is 0.653. The van der Waals surface area contributed by atoms with Gasteiger partial charge in [-0.1, -0.05) is 30.2 Å². The van der Waals surface area contributed by atoms with E-state index in [1.807, 2.05) is 0 Å². The summed E-state index contributed by atoms with van der Waals surface area (Å²) in [5.74, 6) is 0. The van der Waals surface area contributed by atoms with Crippen LogP contribution in [0.2, 0.25) is 0 Å². The molecule has 0 saturated carbocycles. The van der Waals surface area contributed by atoms with Gasteiger partial charge in [0.25, 0.3) is 0 Å². The molecule has 0 N–H and O–H groups in total. The summed E-state index contributed by atoms with van der Waals surface area (Å²) in [5, 5.41) is 0. The lowest BCUT2D eigenvalue weighted by atomic mass is 9.99. The maximum absolute atomic E-state index is 2.59. The molecule has 0 amide bonds. The molecule has 1 saturated heterocycles. The van der Waals surface area contributed by atoms with E-state index in [2.05, 4.69) is 50.8 Å². The van der Waals surface area contributed by atoms with Gasteiger partial charge in [0.05, 0.1) is 0 Å². The Kier molecular flexibility index (Phi) is 6.28. The van der Waals surface area contributed by atoms with Crippen molar-refractivity contribution in [2.75, 3.05) is 19.6 Å². The highest BCUT2D eigenvalue weighted by atomic mass is 15.1. The largest absolute Gasteiger partial charge is 0.299 e. The van der Waals surface area contributed by atoms with Gasteiger partial charge < -0.3 is 0 Å². The van der Waals surface area contributed by atoms with Gasteiger partial charge in [0.15, 0.2) is 0 Å². The Morgan fingerprint density at radius 2 is 1.71 bits per heavy atom. The second-order valence-electron chi connectivity index (χ2n) is 5.06. The molecule has 1 heterocycles.